The van der Waals surface area contributed by atoms with Crippen molar-refractivity contribution in [3.05, 3.63) is 68.8 Å². The zero-order valence-corrected chi connectivity index (χ0v) is 23.8. The van der Waals surface area contributed by atoms with Crippen LogP contribution in [0.25, 0.3) is 0 Å². The van der Waals surface area contributed by atoms with Gasteiger partial charge >= 0.3 is 0 Å². The van der Waals surface area contributed by atoms with Crippen molar-refractivity contribution in [2.24, 2.45) is 5.41 Å². The summed E-state index contributed by atoms with van der Waals surface area (Å²) in [6, 6.07) is 10.7. The SMILES string of the molecule is CC(=O)N1c2ccc(CNCCCN(C)C)cc2NC2=C(C(=O)CC(C)(C)C2)C1c1ccc(Cl)cc1Cl. The number of allylic oxidation sites excluding steroid dienone is 1. The van der Waals surface area contributed by atoms with Crippen LogP contribution in [0.5, 0.6) is 0 Å². The lowest BCUT2D eigenvalue weighted by molar-refractivity contribution is -0.118. The van der Waals surface area contributed by atoms with Gasteiger partial charge in [0.2, 0.25) is 5.91 Å². The van der Waals surface area contributed by atoms with E-state index in [0.29, 0.717) is 40.6 Å². The van der Waals surface area contributed by atoms with Gasteiger partial charge in [0.15, 0.2) is 5.78 Å². The molecule has 0 bridgehead atoms. The van der Waals surface area contributed by atoms with E-state index in [1.807, 2.05) is 18.2 Å². The lowest BCUT2D eigenvalue weighted by Crippen LogP contribution is -2.38. The van der Waals surface area contributed by atoms with Gasteiger partial charge in [-0.05, 0) is 80.8 Å². The van der Waals surface area contributed by atoms with Gasteiger partial charge in [-0.3, -0.25) is 14.5 Å². The van der Waals surface area contributed by atoms with Crippen molar-refractivity contribution >= 4 is 46.3 Å². The van der Waals surface area contributed by atoms with E-state index in [1.54, 1.807) is 17.0 Å². The Balaban J connectivity index is 1.79. The van der Waals surface area contributed by atoms with Crippen molar-refractivity contribution in [2.75, 3.05) is 37.4 Å². The molecule has 0 saturated heterocycles. The van der Waals surface area contributed by atoms with E-state index in [0.717, 1.165) is 42.1 Å². The molecule has 2 aromatic rings. The molecule has 1 aliphatic carbocycles. The summed E-state index contributed by atoms with van der Waals surface area (Å²) < 4.78 is 0. The average Bonchev–Trinajstić information content (AvgIpc) is 2.91. The van der Waals surface area contributed by atoms with Crippen LogP contribution < -0.4 is 15.5 Å². The predicted octanol–water partition coefficient (Wildman–Crippen LogP) is 6.20. The van der Waals surface area contributed by atoms with E-state index in [4.69, 9.17) is 23.2 Å². The van der Waals surface area contributed by atoms with Crippen LogP contribution in [0.3, 0.4) is 0 Å². The van der Waals surface area contributed by atoms with Crippen molar-refractivity contribution in [3.63, 3.8) is 0 Å². The van der Waals surface area contributed by atoms with Gasteiger partial charge in [0.05, 0.1) is 17.4 Å². The molecular weight excluding hydrogens is 507 g/mol. The number of nitrogens with zero attached hydrogens (tertiary/aromatic N) is 2. The first-order valence-electron chi connectivity index (χ1n) is 12.7. The van der Waals surface area contributed by atoms with Gasteiger partial charge in [0, 0.05) is 41.2 Å². The van der Waals surface area contributed by atoms with Crippen LogP contribution in [-0.4, -0.2) is 43.8 Å². The van der Waals surface area contributed by atoms with E-state index in [-0.39, 0.29) is 17.1 Å². The predicted molar refractivity (Wildman–Crippen MR) is 152 cm³/mol. The van der Waals surface area contributed by atoms with Crippen LogP contribution in [0.15, 0.2) is 47.7 Å². The second kappa shape index (κ2) is 11.2. The molecule has 2 aromatic carbocycles. The van der Waals surface area contributed by atoms with E-state index in [9.17, 15) is 9.59 Å². The number of fused-ring (bicyclic) bond motifs is 1. The normalized spacial score (nSPS) is 18.9. The van der Waals surface area contributed by atoms with Gasteiger partial charge in [-0.25, -0.2) is 0 Å². The molecule has 2 N–H and O–H groups in total. The van der Waals surface area contributed by atoms with Gasteiger partial charge < -0.3 is 15.5 Å². The van der Waals surface area contributed by atoms with Gasteiger partial charge in [0.25, 0.3) is 0 Å². The molecule has 1 amide bonds. The number of hydrogen-bond acceptors (Lipinski definition) is 5. The molecule has 1 aliphatic heterocycles. The number of rotatable bonds is 7. The smallest absolute Gasteiger partial charge is 0.224 e. The fourth-order valence-electron chi connectivity index (χ4n) is 5.32. The summed E-state index contributed by atoms with van der Waals surface area (Å²) in [6.45, 7) is 8.39. The number of anilines is 2. The summed E-state index contributed by atoms with van der Waals surface area (Å²) in [4.78, 5) is 30.8. The van der Waals surface area contributed by atoms with E-state index >= 15 is 0 Å². The van der Waals surface area contributed by atoms with Gasteiger partial charge in [0.1, 0.15) is 0 Å². The molecule has 198 valence electrons. The Kier molecular flexibility index (Phi) is 8.34. The van der Waals surface area contributed by atoms with E-state index in [2.05, 4.69) is 49.5 Å². The summed E-state index contributed by atoms with van der Waals surface area (Å²) in [5.74, 6) is -0.142. The van der Waals surface area contributed by atoms with E-state index in [1.165, 1.54) is 6.92 Å². The second-order valence-electron chi connectivity index (χ2n) is 11.1. The van der Waals surface area contributed by atoms with Crippen LogP contribution >= 0.6 is 23.2 Å². The van der Waals surface area contributed by atoms with Crippen LogP contribution in [0, 0.1) is 5.41 Å². The molecule has 37 heavy (non-hydrogen) atoms. The van der Waals surface area contributed by atoms with Crippen molar-refractivity contribution in [1.29, 1.82) is 0 Å². The average molecular weight is 544 g/mol. The molecule has 0 fully saturated rings. The first kappa shape index (κ1) is 27.6. The quantitative estimate of drug-likeness (QED) is 0.408. The first-order valence-corrected chi connectivity index (χ1v) is 13.5. The number of hydrogen-bond donors (Lipinski definition) is 2. The van der Waals surface area contributed by atoms with Gasteiger partial charge in [-0.1, -0.05) is 49.2 Å². The molecule has 6 nitrogen and oxygen atoms in total. The third kappa shape index (κ3) is 6.20. The maximum atomic E-state index is 13.7. The monoisotopic (exact) mass is 542 g/mol. The third-order valence-electron chi connectivity index (χ3n) is 6.94. The van der Waals surface area contributed by atoms with Crippen molar-refractivity contribution in [2.45, 2.75) is 52.6 Å². The van der Waals surface area contributed by atoms with Crippen molar-refractivity contribution in [3.8, 4) is 0 Å². The zero-order valence-electron chi connectivity index (χ0n) is 22.3. The number of carbonyl (C=O) groups excluding carboxylic acids is 2. The lowest BCUT2D eigenvalue weighted by atomic mass is 9.73. The summed E-state index contributed by atoms with van der Waals surface area (Å²) in [6.07, 6.45) is 2.15. The van der Waals surface area contributed by atoms with Gasteiger partial charge in [-0.2, -0.15) is 0 Å². The zero-order chi connectivity index (χ0) is 26.9. The fourth-order valence-corrected chi connectivity index (χ4v) is 5.83. The molecule has 4 rings (SSSR count). The Morgan fingerprint density at radius 3 is 2.59 bits per heavy atom. The van der Waals surface area contributed by atoms with Crippen LogP contribution in [0.4, 0.5) is 11.4 Å². The highest BCUT2D eigenvalue weighted by Gasteiger charge is 2.43. The summed E-state index contributed by atoms with van der Waals surface area (Å²) in [5, 5.41) is 8.02. The molecule has 0 saturated carbocycles. The minimum atomic E-state index is -0.648. The minimum absolute atomic E-state index is 0.0246. The number of halogens is 2. The Labute approximate surface area is 230 Å². The van der Waals surface area contributed by atoms with Crippen molar-refractivity contribution < 1.29 is 9.59 Å². The number of ketones is 1. The fraction of sp³-hybridized carbons (Fsp3) is 0.448. The molecule has 0 aromatic heterocycles. The Hall–Kier alpha value is -2.38. The third-order valence-corrected chi connectivity index (χ3v) is 7.50. The molecule has 2 aliphatic rings. The molecule has 1 atom stereocenters. The molecule has 1 heterocycles. The van der Waals surface area contributed by atoms with Crippen molar-refractivity contribution in [1.82, 2.24) is 10.2 Å². The largest absolute Gasteiger partial charge is 0.357 e. The molecular formula is C29H36Cl2N4O2. The maximum absolute atomic E-state index is 13.7. The molecule has 0 spiro atoms. The molecule has 1 unspecified atom stereocenters. The Morgan fingerprint density at radius 1 is 1.16 bits per heavy atom. The number of nitrogens with one attached hydrogen (secondary N) is 2. The number of amides is 1. The number of Topliss-reactive ketones (excluding diaryl/α,β-unsaturated/α-hetero) is 1. The highest BCUT2D eigenvalue weighted by molar-refractivity contribution is 6.35. The topological polar surface area (TPSA) is 64.7 Å². The highest BCUT2D eigenvalue weighted by Crippen LogP contribution is 2.49. The van der Waals surface area contributed by atoms with E-state index < -0.39 is 6.04 Å². The summed E-state index contributed by atoms with van der Waals surface area (Å²) >= 11 is 12.9. The standard InChI is InChI=1S/C29H36Cl2N4O2/c1-18(36)35-25-10-7-19(17-32-11-6-12-34(4)5)13-23(25)33-24-15-29(2,3)16-26(37)27(24)28(35)21-9-8-20(30)14-22(21)31/h7-10,13-14,28,32-33H,6,11-12,15-17H2,1-5H3. The van der Waals surface area contributed by atoms with Crippen LogP contribution in [0.2, 0.25) is 10.0 Å². The van der Waals surface area contributed by atoms with Crippen LogP contribution in [0.1, 0.15) is 57.2 Å². The second-order valence-corrected chi connectivity index (χ2v) is 11.9. The lowest BCUT2D eigenvalue weighted by Gasteiger charge is -2.37. The highest BCUT2D eigenvalue weighted by atomic mass is 35.5. The molecule has 8 heteroatoms. The summed E-state index contributed by atoms with van der Waals surface area (Å²) in [7, 11) is 4.15. The van der Waals surface area contributed by atoms with Crippen LogP contribution in [-0.2, 0) is 16.1 Å². The first-order chi connectivity index (χ1) is 17.5. The minimum Gasteiger partial charge on any atom is -0.357 e. The number of carbonyl (C=O) groups is 2. The Bertz CT molecular complexity index is 1240. The van der Waals surface area contributed by atoms with Gasteiger partial charge in [-0.15, -0.1) is 0 Å². The molecule has 0 radical (unpaired) electrons. The number of benzene rings is 2. The summed E-state index contributed by atoms with van der Waals surface area (Å²) in [5.41, 5.74) is 4.56. The maximum Gasteiger partial charge on any atom is 0.224 e. The Morgan fingerprint density at radius 2 is 1.92 bits per heavy atom.